The van der Waals surface area contributed by atoms with Gasteiger partial charge in [-0.25, -0.2) is 0 Å². The van der Waals surface area contributed by atoms with Crippen molar-refractivity contribution < 1.29 is 4.79 Å². The summed E-state index contributed by atoms with van der Waals surface area (Å²) in [5, 5.41) is 3.36. The SMILES string of the molecule is NC[C@H]1CCC[C@H]1C(=O)NC1(c2ccccc2)CCC1. The van der Waals surface area contributed by atoms with Crippen molar-refractivity contribution in [2.24, 2.45) is 17.6 Å². The molecule has 0 heterocycles. The number of hydrogen-bond donors (Lipinski definition) is 2. The Morgan fingerprint density at radius 2 is 1.95 bits per heavy atom. The van der Waals surface area contributed by atoms with Crippen LogP contribution < -0.4 is 11.1 Å². The van der Waals surface area contributed by atoms with Crippen molar-refractivity contribution in [3.05, 3.63) is 35.9 Å². The van der Waals surface area contributed by atoms with Gasteiger partial charge in [0.25, 0.3) is 0 Å². The van der Waals surface area contributed by atoms with Crippen LogP contribution in [0.5, 0.6) is 0 Å². The van der Waals surface area contributed by atoms with Gasteiger partial charge in [0.1, 0.15) is 0 Å². The zero-order valence-electron chi connectivity index (χ0n) is 12.0. The van der Waals surface area contributed by atoms with Gasteiger partial charge in [-0.15, -0.1) is 0 Å². The largest absolute Gasteiger partial charge is 0.346 e. The van der Waals surface area contributed by atoms with E-state index in [-0.39, 0.29) is 17.4 Å². The Kier molecular flexibility index (Phi) is 3.79. The van der Waals surface area contributed by atoms with E-state index in [4.69, 9.17) is 5.73 Å². The van der Waals surface area contributed by atoms with E-state index in [1.54, 1.807) is 0 Å². The number of carbonyl (C=O) groups is 1. The molecule has 0 saturated heterocycles. The van der Waals surface area contributed by atoms with E-state index in [9.17, 15) is 4.79 Å². The van der Waals surface area contributed by atoms with Gasteiger partial charge in [-0.05, 0) is 50.1 Å². The van der Waals surface area contributed by atoms with Crippen molar-refractivity contribution in [2.45, 2.75) is 44.1 Å². The maximum atomic E-state index is 12.6. The summed E-state index contributed by atoms with van der Waals surface area (Å²) in [5.74, 6) is 0.727. The molecule has 2 aliphatic carbocycles. The van der Waals surface area contributed by atoms with E-state index < -0.39 is 0 Å². The van der Waals surface area contributed by atoms with Crippen LogP contribution in [0.15, 0.2) is 30.3 Å². The van der Waals surface area contributed by atoms with Crippen molar-refractivity contribution in [1.82, 2.24) is 5.32 Å². The average molecular weight is 272 g/mol. The molecule has 3 nitrogen and oxygen atoms in total. The van der Waals surface area contributed by atoms with Gasteiger partial charge in [0.05, 0.1) is 5.54 Å². The van der Waals surface area contributed by atoms with Gasteiger partial charge in [0.15, 0.2) is 0 Å². The van der Waals surface area contributed by atoms with Gasteiger partial charge in [-0.1, -0.05) is 36.8 Å². The minimum atomic E-state index is -0.111. The predicted molar refractivity (Wildman–Crippen MR) is 80.0 cm³/mol. The highest BCUT2D eigenvalue weighted by Crippen LogP contribution is 2.42. The van der Waals surface area contributed by atoms with E-state index in [2.05, 4.69) is 29.6 Å². The molecule has 20 heavy (non-hydrogen) atoms. The second kappa shape index (κ2) is 5.57. The van der Waals surface area contributed by atoms with Crippen molar-refractivity contribution >= 4 is 5.91 Å². The second-order valence-corrected chi connectivity index (χ2v) is 6.32. The molecule has 3 rings (SSSR count). The maximum Gasteiger partial charge on any atom is 0.224 e. The van der Waals surface area contributed by atoms with Gasteiger partial charge in [-0.3, -0.25) is 4.79 Å². The molecule has 1 aromatic carbocycles. The van der Waals surface area contributed by atoms with Gasteiger partial charge in [0, 0.05) is 5.92 Å². The fourth-order valence-electron chi connectivity index (χ4n) is 3.77. The Labute approximate surface area is 120 Å². The van der Waals surface area contributed by atoms with Crippen molar-refractivity contribution in [1.29, 1.82) is 0 Å². The van der Waals surface area contributed by atoms with E-state index in [1.165, 1.54) is 12.0 Å². The van der Waals surface area contributed by atoms with Gasteiger partial charge in [0.2, 0.25) is 5.91 Å². The Morgan fingerprint density at radius 1 is 1.20 bits per heavy atom. The minimum absolute atomic E-state index is 0.111. The standard InChI is InChI=1S/C17H24N2O/c18-12-13-6-4-9-15(13)16(20)19-17(10-5-11-17)14-7-2-1-3-8-14/h1-3,7-8,13,15H,4-6,9-12,18H2,(H,19,20)/t13-,15-/m1/s1. The summed E-state index contributed by atoms with van der Waals surface area (Å²) in [7, 11) is 0. The van der Waals surface area contributed by atoms with E-state index >= 15 is 0 Å². The molecule has 0 radical (unpaired) electrons. The molecule has 108 valence electrons. The third-order valence-corrected chi connectivity index (χ3v) is 5.19. The fourth-order valence-corrected chi connectivity index (χ4v) is 3.77. The molecule has 0 spiro atoms. The number of carbonyl (C=O) groups excluding carboxylic acids is 1. The van der Waals surface area contributed by atoms with Crippen LogP contribution in [0.2, 0.25) is 0 Å². The Bertz CT molecular complexity index is 467. The number of hydrogen-bond acceptors (Lipinski definition) is 2. The van der Waals surface area contributed by atoms with Crippen LogP contribution in [0.4, 0.5) is 0 Å². The predicted octanol–water partition coefficient (Wildman–Crippen LogP) is 2.56. The highest BCUT2D eigenvalue weighted by Gasteiger charge is 2.42. The van der Waals surface area contributed by atoms with Crippen LogP contribution in [0.3, 0.4) is 0 Å². The molecule has 2 aliphatic rings. The lowest BCUT2D eigenvalue weighted by Crippen LogP contribution is -2.53. The lowest BCUT2D eigenvalue weighted by Gasteiger charge is -2.44. The highest BCUT2D eigenvalue weighted by molar-refractivity contribution is 5.80. The van der Waals surface area contributed by atoms with Gasteiger partial charge >= 0.3 is 0 Å². The smallest absolute Gasteiger partial charge is 0.224 e. The Hall–Kier alpha value is -1.35. The number of rotatable bonds is 4. The first kappa shape index (κ1) is 13.6. The summed E-state index contributed by atoms with van der Waals surface area (Å²) >= 11 is 0. The van der Waals surface area contributed by atoms with Gasteiger partial charge < -0.3 is 11.1 Å². The molecule has 0 unspecified atom stereocenters. The molecule has 1 amide bonds. The molecule has 0 aromatic heterocycles. The topological polar surface area (TPSA) is 55.1 Å². The van der Waals surface area contributed by atoms with E-state index in [0.29, 0.717) is 12.5 Å². The lowest BCUT2D eigenvalue weighted by atomic mass is 9.71. The van der Waals surface area contributed by atoms with Crippen molar-refractivity contribution in [3.8, 4) is 0 Å². The summed E-state index contributed by atoms with van der Waals surface area (Å²) in [4.78, 5) is 12.6. The first-order valence-corrected chi connectivity index (χ1v) is 7.83. The van der Waals surface area contributed by atoms with Crippen LogP contribution in [0.25, 0.3) is 0 Å². The maximum absolute atomic E-state index is 12.6. The molecule has 0 aliphatic heterocycles. The van der Waals surface area contributed by atoms with Crippen molar-refractivity contribution in [2.75, 3.05) is 6.54 Å². The fraction of sp³-hybridized carbons (Fsp3) is 0.588. The van der Waals surface area contributed by atoms with Crippen LogP contribution in [-0.4, -0.2) is 12.5 Å². The van der Waals surface area contributed by atoms with Crippen LogP contribution in [-0.2, 0) is 10.3 Å². The molecule has 3 N–H and O–H groups in total. The molecule has 3 heteroatoms. The summed E-state index contributed by atoms with van der Waals surface area (Å²) in [6.07, 6.45) is 6.55. The molecule has 2 atom stereocenters. The Balaban J connectivity index is 1.74. The molecular formula is C17H24N2O. The van der Waals surface area contributed by atoms with Crippen LogP contribution in [0.1, 0.15) is 44.1 Å². The van der Waals surface area contributed by atoms with Crippen LogP contribution >= 0.6 is 0 Å². The summed E-state index contributed by atoms with van der Waals surface area (Å²) in [6.45, 7) is 0.635. The van der Waals surface area contributed by atoms with E-state index in [0.717, 1.165) is 32.1 Å². The second-order valence-electron chi connectivity index (χ2n) is 6.32. The quantitative estimate of drug-likeness (QED) is 0.885. The minimum Gasteiger partial charge on any atom is -0.346 e. The third-order valence-electron chi connectivity index (χ3n) is 5.19. The highest BCUT2D eigenvalue weighted by atomic mass is 16.2. The molecule has 2 fully saturated rings. The summed E-state index contributed by atoms with van der Waals surface area (Å²) < 4.78 is 0. The zero-order valence-corrected chi connectivity index (χ0v) is 12.0. The van der Waals surface area contributed by atoms with E-state index in [1.807, 2.05) is 6.07 Å². The number of nitrogens with one attached hydrogen (secondary N) is 1. The summed E-state index contributed by atoms with van der Waals surface area (Å²) in [5.41, 5.74) is 6.94. The lowest BCUT2D eigenvalue weighted by molar-refractivity contribution is -0.129. The Morgan fingerprint density at radius 3 is 2.55 bits per heavy atom. The summed E-state index contributed by atoms with van der Waals surface area (Å²) in [6, 6.07) is 10.4. The monoisotopic (exact) mass is 272 g/mol. The third kappa shape index (κ3) is 2.35. The molecular weight excluding hydrogens is 248 g/mol. The first-order chi connectivity index (χ1) is 9.75. The molecule has 1 aromatic rings. The first-order valence-electron chi connectivity index (χ1n) is 7.83. The number of benzene rings is 1. The zero-order chi connectivity index (χ0) is 14.0. The number of nitrogens with two attached hydrogens (primary N) is 1. The molecule has 0 bridgehead atoms. The molecule has 2 saturated carbocycles. The van der Waals surface area contributed by atoms with Crippen molar-refractivity contribution in [3.63, 3.8) is 0 Å². The normalized spacial score (nSPS) is 27.9. The average Bonchev–Trinajstić information content (AvgIpc) is 2.92. The van der Waals surface area contributed by atoms with Gasteiger partial charge in [-0.2, -0.15) is 0 Å². The number of amides is 1. The van der Waals surface area contributed by atoms with Crippen LogP contribution in [0, 0.1) is 11.8 Å².